The van der Waals surface area contributed by atoms with Gasteiger partial charge in [-0.05, 0) is 12.5 Å². The second kappa shape index (κ2) is 6.08. The van der Waals surface area contributed by atoms with Gasteiger partial charge in [-0.3, -0.25) is 9.48 Å². The number of carbonyl (C=O) groups is 1. The summed E-state index contributed by atoms with van der Waals surface area (Å²) in [4.78, 5) is 11.9. The number of aromatic nitrogens is 2. The zero-order valence-corrected chi connectivity index (χ0v) is 12.0. The Kier molecular flexibility index (Phi) is 4.39. The Bertz CT molecular complexity index is 729. The fourth-order valence-electron chi connectivity index (χ4n) is 2.06. The Balaban J connectivity index is 2.20. The van der Waals surface area contributed by atoms with Gasteiger partial charge in [-0.1, -0.05) is 6.92 Å². The first-order chi connectivity index (χ1) is 10.3. The molecule has 2 aromatic rings. The molecule has 0 spiro atoms. The minimum Gasteiger partial charge on any atom is -0.503 e. The summed E-state index contributed by atoms with van der Waals surface area (Å²) in [5.74, 6) is -7.20. The van der Waals surface area contributed by atoms with Crippen molar-refractivity contribution in [2.24, 2.45) is 7.05 Å². The van der Waals surface area contributed by atoms with E-state index in [-0.39, 0.29) is 6.54 Å². The minimum atomic E-state index is -1.73. The molecule has 8 heteroatoms. The molecule has 2 N–H and O–H groups in total. The van der Waals surface area contributed by atoms with Gasteiger partial charge in [0.2, 0.25) is 5.82 Å². The molecule has 0 atom stereocenters. The Morgan fingerprint density at radius 2 is 2.05 bits per heavy atom. The number of rotatable bonds is 4. The molecule has 2 rings (SSSR count). The first-order valence-corrected chi connectivity index (χ1v) is 6.51. The van der Waals surface area contributed by atoms with Gasteiger partial charge in [0.05, 0.1) is 11.3 Å². The van der Waals surface area contributed by atoms with Crippen molar-refractivity contribution in [1.29, 1.82) is 0 Å². The molecule has 0 aliphatic rings. The molecular weight excluding hydrogens is 299 g/mol. The molecule has 0 saturated carbocycles. The van der Waals surface area contributed by atoms with Crippen molar-refractivity contribution in [2.45, 2.75) is 19.9 Å². The first-order valence-electron chi connectivity index (χ1n) is 6.51. The molecule has 0 bridgehead atoms. The van der Waals surface area contributed by atoms with Gasteiger partial charge in [0.25, 0.3) is 5.91 Å². The van der Waals surface area contributed by atoms with Crippen molar-refractivity contribution in [3.63, 3.8) is 0 Å². The van der Waals surface area contributed by atoms with Crippen LogP contribution in [0, 0.1) is 17.5 Å². The van der Waals surface area contributed by atoms with Crippen molar-refractivity contribution in [2.75, 3.05) is 0 Å². The largest absolute Gasteiger partial charge is 0.503 e. The molecule has 0 aliphatic heterocycles. The normalized spacial score (nSPS) is 10.8. The lowest BCUT2D eigenvalue weighted by Gasteiger charge is -2.08. The van der Waals surface area contributed by atoms with Crippen LogP contribution < -0.4 is 5.32 Å². The summed E-state index contributed by atoms with van der Waals surface area (Å²) in [6.07, 6.45) is 2.34. The summed E-state index contributed by atoms with van der Waals surface area (Å²) in [6.45, 7) is 1.94. The van der Waals surface area contributed by atoms with Crippen molar-refractivity contribution in [3.05, 3.63) is 46.5 Å². The van der Waals surface area contributed by atoms with Crippen LogP contribution in [-0.4, -0.2) is 20.8 Å². The predicted molar refractivity (Wildman–Crippen MR) is 71.7 cm³/mol. The molecule has 1 amide bonds. The van der Waals surface area contributed by atoms with Crippen LogP contribution in [0.4, 0.5) is 13.2 Å². The average molecular weight is 313 g/mol. The van der Waals surface area contributed by atoms with Gasteiger partial charge in [0.1, 0.15) is 0 Å². The van der Waals surface area contributed by atoms with Crippen LogP contribution >= 0.6 is 0 Å². The third kappa shape index (κ3) is 2.90. The van der Waals surface area contributed by atoms with Crippen molar-refractivity contribution < 1.29 is 23.1 Å². The fourth-order valence-corrected chi connectivity index (χ4v) is 2.06. The average Bonchev–Trinajstić information content (AvgIpc) is 2.86. The quantitative estimate of drug-likeness (QED) is 0.849. The van der Waals surface area contributed by atoms with E-state index in [0.29, 0.717) is 12.5 Å². The van der Waals surface area contributed by atoms with E-state index in [0.717, 1.165) is 11.3 Å². The van der Waals surface area contributed by atoms with E-state index >= 15 is 0 Å². The minimum absolute atomic E-state index is 0.0506. The van der Waals surface area contributed by atoms with Gasteiger partial charge >= 0.3 is 0 Å². The molecular formula is C14H14F3N3O2. The number of hydrogen-bond donors (Lipinski definition) is 2. The molecule has 0 saturated heterocycles. The highest BCUT2D eigenvalue weighted by atomic mass is 19.2. The molecule has 0 radical (unpaired) electrons. The highest BCUT2D eigenvalue weighted by Gasteiger charge is 2.22. The molecule has 5 nitrogen and oxygen atoms in total. The highest BCUT2D eigenvalue weighted by molar-refractivity contribution is 5.94. The van der Waals surface area contributed by atoms with E-state index in [1.54, 1.807) is 17.9 Å². The number of nitrogens with one attached hydrogen (secondary N) is 1. The van der Waals surface area contributed by atoms with Gasteiger partial charge in [-0.25, -0.2) is 8.78 Å². The van der Waals surface area contributed by atoms with Crippen LogP contribution in [-0.2, 0) is 20.0 Å². The Hall–Kier alpha value is -2.51. The maximum absolute atomic E-state index is 13.6. The second-order valence-electron chi connectivity index (χ2n) is 4.69. The lowest BCUT2D eigenvalue weighted by atomic mass is 10.1. The molecule has 118 valence electrons. The number of phenols is 1. The summed E-state index contributed by atoms with van der Waals surface area (Å²) in [6, 6.07) is 0.406. The van der Waals surface area contributed by atoms with Crippen molar-refractivity contribution in [3.8, 4) is 5.75 Å². The number of nitrogens with zero attached hydrogens (tertiary/aromatic N) is 2. The van der Waals surface area contributed by atoms with Gasteiger partial charge in [-0.2, -0.15) is 9.49 Å². The lowest BCUT2D eigenvalue weighted by molar-refractivity contribution is 0.0945. The summed E-state index contributed by atoms with van der Waals surface area (Å²) >= 11 is 0. The zero-order chi connectivity index (χ0) is 16.4. The second-order valence-corrected chi connectivity index (χ2v) is 4.69. The summed E-state index contributed by atoms with van der Waals surface area (Å²) in [5.41, 5.74) is 0.723. The molecule has 22 heavy (non-hydrogen) atoms. The molecule has 0 unspecified atom stereocenters. The molecule has 0 fully saturated rings. The molecule has 1 aromatic carbocycles. The first kappa shape index (κ1) is 15.9. The van der Waals surface area contributed by atoms with Crippen LogP contribution in [0.1, 0.15) is 28.5 Å². The number of amides is 1. The SMILES string of the molecule is CCc1nn(C)cc1CNC(=O)c1cc(F)c(F)c(O)c1F. The van der Waals surface area contributed by atoms with Crippen LogP contribution in [0.5, 0.6) is 5.75 Å². The van der Waals surface area contributed by atoms with Gasteiger partial charge < -0.3 is 10.4 Å². The van der Waals surface area contributed by atoms with Crippen LogP contribution in [0.25, 0.3) is 0 Å². The van der Waals surface area contributed by atoms with Crippen LogP contribution in [0.15, 0.2) is 12.3 Å². The van der Waals surface area contributed by atoms with E-state index in [9.17, 15) is 18.0 Å². The van der Waals surface area contributed by atoms with E-state index in [2.05, 4.69) is 10.4 Å². The number of halogens is 3. The third-order valence-corrected chi connectivity index (χ3v) is 3.14. The number of aryl methyl sites for hydroxylation is 2. The number of phenolic OH excluding ortho intramolecular Hbond substituents is 1. The fraction of sp³-hybridized carbons (Fsp3) is 0.286. The predicted octanol–water partition coefficient (Wildman–Crippen LogP) is 2.04. The van der Waals surface area contributed by atoms with E-state index in [4.69, 9.17) is 5.11 Å². The number of carbonyl (C=O) groups excluding carboxylic acids is 1. The maximum atomic E-state index is 13.6. The monoisotopic (exact) mass is 313 g/mol. The van der Waals surface area contributed by atoms with Gasteiger partial charge in [-0.15, -0.1) is 0 Å². The third-order valence-electron chi connectivity index (χ3n) is 3.14. The highest BCUT2D eigenvalue weighted by Crippen LogP contribution is 2.25. The van der Waals surface area contributed by atoms with Crippen molar-refractivity contribution >= 4 is 5.91 Å². The number of aromatic hydroxyl groups is 1. The van der Waals surface area contributed by atoms with E-state index in [1.165, 1.54) is 0 Å². The van der Waals surface area contributed by atoms with Crippen molar-refractivity contribution in [1.82, 2.24) is 15.1 Å². The summed E-state index contributed by atoms with van der Waals surface area (Å²) in [7, 11) is 1.72. The van der Waals surface area contributed by atoms with Gasteiger partial charge in [0, 0.05) is 25.4 Å². The maximum Gasteiger partial charge on any atom is 0.254 e. The number of hydrogen-bond acceptors (Lipinski definition) is 3. The molecule has 0 aliphatic carbocycles. The Morgan fingerprint density at radius 3 is 2.68 bits per heavy atom. The van der Waals surface area contributed by atoms with Crippen LogP contribution in [0.3, 0.4) is 0 Å². The zero-order valence-electron chi connectivity index (χ0n) is 12.0. The Morgan fingerprint density at radius 1 is 1.36 bits per heavy atom. The lowest BCUT2D eigenvalue weighted by Crippen LogP contribution is -2.24. The van der Waals surface area contributed by atoms with Gasteiger partial charge in [0.15, 0.2) is 17.4 Å². The molecule has 1 heterocycles. The number of benzene rings is 1. The summed E-state index contributed by atoms with van der Waals surface area (Å²) in [5, 5.41) is 15.7. The topological polar surface area (TPSA) is 67.2 Å². The Labute approximate surface area is 124 Å². The van der Waals surface area contributed by atoms with Crippen LogP contribution in [0.2, 0.25) is 0 Å². The van der Waals surface area contributed by atoms with E-state index in [1.807, 2.05) is 6.92 Å². The van der Waals surface area contributed by atoms with E-state index < -0.39 is 34.7 Å². The summed E-state index contributed by atoms with van der Waals surface area (Å²) < 4.78 is 41.4. The standard InChI is InChI=1S/C14H14F3N3O2/c1-3-10-7(6-20(2)19-10)5-18-14(22)8-4-9(15)12(17)13(21)11(8)16/h4,6,21H,3,5H2,1-2H3,(H,18,22). The molecule has 1 aromatic heterocycles. The smallest absolute Gasteiger partial charge is 0.254 e.